The Hall–Kier alpha value is -1.92. The second kappa shape index (κ2) is 9.33. The molecule has 0 radical (unpaired) electrons. The van der Waals surface area contributed by atoms with Crippen LogP contribution >= 0.6 is 0 Å². The molecule has 148 valence electrons. The molecule has 0 saturated carbocycles. The molecule has 1 N–H and O–H groups in total. The summed E-state index contributed by atoms with van der Waals surface area (Å²) in [5.74, 6) is -0.237. The van der Waals surface area contributed by atoms with Crippen molar-refractivity contribution in [1.82, 2.24) is 15.1 Å². The van der Waals surface area contributed by atoms with Crippen LogP contribution in [0, 0.1) is 6.92 Å². The number of benzene rings is 1. The number of ether oxygens (including phenoxy) is 1. The van der Waals surface area contributed by atoms with E-state index in [4.69, 9.17) is 4.74 Å². The fraction of sp³-hybridized carbons (Fsp3) is 0.619. The summed E-state index contributed by atoms with van der Waals surface area (Å²) in [6.45, 7) is 5.93. The predicted molar refractivity (Wildman–Crippen MR) is 104 cm³/mol. The van der Waals surface area contributed by atoms with E-state index < -0.39 is 12.1 Å². The zero-order valence-corrected chi connectivity index (χ0v) is 16.4. The maximum atomic E-state index is 12.8. The lowest BCUT2D eigenvalue weighted by Gasteiger charge is -2.39. The van der Waals surface area contributed by atoms with Crippen molar-refractivity contribution >= 4 is 11.8 Å². The van der Waals surface area contributed by atoms with Crippen LogP contribution in [0.4, 0.5) is 0 Å². The van der Waals surface area contributed by atoms with Crippen LogP contribution in [0.2, 0.25) is 0 Å². The van der Waals surface area contributed by atoms with Crippen molar-refractivity contribution in [3.8, 4) is 0 Å². The average Bonchev–Trinajstić information content (AvgIpc) is 2.68. The molecule has 0 aliphatic carbocycles. The smallest absolute Gasteiger partial charge is 0.251 e. The number of hydrogen-bond acceptors (Lipinski definition) is 4. The number of rotatable bonds is 6. The summed E-state index contributed by atoms with van der Waals surface area (Å²) in [4.78, 5) is 29.1. The molecular formula is C21H31N3O3. The number of aryl methyl sites for hydroxylation is 1. The number of carbonyl (C=O) groups is 2. The number of carbonyl (C=O) groups excluding carboxylic acids is 2. The van der Waals surface area contributed by atoms with Crippen molar-refractivity contribution in [3.63, 3.8) is 0 Å². The van der Waals surface area contributed by atoms with Gasteiger partial charge in [0.1, 0.15) is 6.61 Å². The number of likely N-dealkylation sites (tertiary alicyclic amines) is 1. The SMILES string of the molecule is Cc1ccccc1[C@@H]1[C@@H](C(=O)NCCCN2CCCCC2)OCC(=O)N1C. The number of hydrogen-bond donors (Lipinski definition) is 1. The molecule has 2 saturated heterocycles. The first-order chi connectivity index (χ1) is 13.1. The summed E-state index contributed by atoms with van der Waals surface area (Å²) < 4.78 is 5.68. The van der Waals surface area contributed by atoms with E-state index in [0.29, 0.717) is 6.54 Å². The highest BCUT2D eigenvalue weighted by molar-refractivity contribution is 5.86. The monoisotopic (exact) mass is 373 g/mol. The minimum absolute atomic E-state index is 0.0508. The Balaban J connectivity index is 1.59. The van der Waals surface area contributed by atoms with Crippen molar-refractivity contribution in [2.45, 2.75) is 44.8 Å². The normalized spacial score (nSPS) is 24.1. The Morgan fingerprint density at radius 1 is 1.22 bits per heavy atom. The van der Waals surface area contributed by atoms with E-state index in [0.717, 1.165) is 24.1 Å². The van der Waals surface area contributed by atoms with Gasteiger partial charge in [-0.1, -0.05) is 30.7 Å². The number of amides is 2. The first kappa shape index (κ1) is 19.8. The number of morpholine rings is 1. The van der Waals surface area contributed by atoms with Crippen molar-refractivity contribution in [2.24, 2.45) is 0 Å². The lowest BCUT2D eigenvalue weighted by molar-refractivity contribution is -0.162. The molecule has 2 aliphatic heterocycles. The molecule has 1 aromatic rings. The van der Waals surface area contributed by atoms with Crippen LogP contribution in [-0.2, 0) is 14.3 Å². The van der Waals surface area contributed by atoms with Gasteiger partial charge in [0.15, 0.2) is 6.10 Å². The largest absolute Gasteiger partial charge is 0.356 e. The molecule has 2 heterocycles. The highest BCUT2D eigenvalue weighted by Gasteiger charge is 2.40. The lowest BCUT2D eigenvalue weighted by Crippen LogP contribution is -2.53. The van der Waals surface area contributed by atoms with Gasteiger partial charge in [-0.3, -0.25) is 9.59 Å². The fourth-order valence-electron chi connectivity index (χ4n) is 4.02. The molecule has 3 rings (SSSR count). The van der Waals surface area contributed by atoms with Crippen molar-refractivity contribution < 1.29 is 14.3 Å². The number of piperidine rings is 1. The molecule has 0 bridgehead atoms. The zero-order valence-electron chi connectivity index (χ0n) is 16.4. The molecule has 6 heteroatoms. The van der Waals surface area contributed by atoms with E-state index in [1.807, 2.05) is 31.2 Å². The van der Waals surface area contributed by atoms with E-state index in [2.05, 4.69) is 10.2 Å². The summed E-state index contributed by atoms with van der Waals surface area (Å²) in [7, 11) is 1.75. The van der Waals surface area contributed by atoms with Gasteiger partial charge in [-0.2, -0.15) is 0 Å². The van der Waals surface area contributed by atoms with Crippen molar-refractivity contribution in [1.29, 1.82) is 0 Å². The Labute approximate surface area is 161 Å². The minimum Gasteiger partial charge on any atom is -0.356 e. The molecule has 2 aliphatic rings. The highest BCUT2D eigenvalue weighted by Crippen LogP contribution is 2.31. The third-order valence-electron chi connectivity index (χ3n) is 5.65. The van der Waals surface area contributed by atoms with Gasteiger partial charge in [-0.05, 0) is 56.9 Å². The summed E-state index contributed by atoms with van der Waals surface area (Å²) in [5.41, 5.74) is 2.01. The van der Waals surface area contributed by atoms with Gasteiger partial charge in [0.05, 0.1) is 6.04 Å². The first-order valence-corrected chi connectivity index (χ1v) is 10.0. The van der Waals surface area contributed by atoms with Crippen LogP contribution in [0.25, 0.3) is 0 Å². The van der Waals surface area contributed by atoms with Gasteiger partial charge in [-0.15, -0.1) is 0 Å². The molecule has 2 fully saturated rings. The first-order valence-electron chi connectivity index (χ1n) is 10.0. The molecule has 2 atom stereocenters. The Morgan fingerprint density at radius 2 is 1.96 bits per heavy atom. The van der Waals surface area contributed by atoms with E-state index in [-0.39, 0.29) is 18.4 Å². The van der Waals surface area contributed by atoms with E-state index in [1.54, 1.807) is 11.9 Å². The minimum atomic E-state index is -0.677. The van der Waals surface area contributed by atoms with Crippen LogP contribution in [0.3, 0.4) is 0 Å². The molecule has 0 spiro atoms. The molecular weight excluding hydrogens is 342 g/mol. The quantitative estimate of drug-likeness (QED) is 0.774. The molecule has 1 aromatic carbocycles. The Kier molecular flexibility index (Phi) is 6.85. The number of nitrogens with zero attached hydrogens (tertiary/aromatic N) is 2. The maximum absolute atomic E-state index is 12.8. The summed E-state index contributed by atoms with van der Waals surface area (Å²) in [6, 6.07) is 7.46. The van der Waals surface area contributed by atoms with Gasteiger partial charge < -0.3 is 19.9 Å². The van der Waals surface area contributed by atoms with Gasteiger partial charge in [0, 0.05) is 13.6 Å². The molecule has 27 heavy (non-hydrogen) atoms. The average molecular weight is 373 g/mol. The lowest BCUT2D eigenvalue weighted by atomic mass is 9.94. The summed E-state index contributed by atoms with van der Waals surface area (Å²) in [5, 5.41) is 3.02. The second-order valence-electron chi connectivity index (χ2n) is 7.58. The maximum Gasteiger partial charge on any atom is 0.251 e. The van der Waals surface area contributed by atoms with Crippen LogP contribution in [0.1, 0.15) is 42.9 Å². The third kappa shape index (κ3) is 4.87. The molecule has 6 nitrogen and oxygen atoms in total. The van der Waals surface area contributed by atoms with Gasteiger partial charge >= 0.3 is 0 Å². The van der Waals surface area contributed by atoms with Gasteiger partial charge in [0.25, 0.3) is 5.91 Å². The summed E-state index contributed by atoms with van der Waals surface area (Å²) >= 11 is 0. The number of nitrogens with one attached hydrogen (secondary N) is 1. The predicted octanol–water partition coefficient (Wildman–Crippen LogP) is 1.89. The van der Waals surface area contributed by atoms with Crippen LogP contribution in [0.5, 0.6) is 0 Å². The molecule has 0 unspecified atom stereocenters. The number of likely N-dealkylation sites (N-methyl/N-ethyl adjacent to an activating group) is 1. The Morgan fingerprint density at radius 3 is 2.70 bits per heavy atom. The van der Waals surface area contributed by atoms with E-state index >= 15 is 0 Å². The standard InChI is InChI=1S/C21H31N3O3/c1-16-9-4-5-10-17(16)19-20(27-15-18(25)23(19)2)21(26)22-11-8-14-24-12-6-3-7-13-24/h4-5,9-10,19-20H,3,6-8,11-15H2,1-2H3,(H,22,26)/t19-,20+/m1/s1. The molecule has 2 amide bonds. The Bertz CT molecular complexity index is 658. The third-order valence-corrected chi connectivity index (χ3v) is 5.65. The molecule has 0 aromatic heterocycles. The van der Waals surface area contributed by atoms with Crippen LogP contribution in [0.15, 0.2) is 24.3 Å². The van der Waals surface area contributed by atoms with Crippen molar-refractivity contribution in [2.75, 3.05) is 39.8 Å². The fourth-order valence-corrected chi connectivity index (χ4v) is 4.02. The van der Waals surface area contributed by atoms with Gasteiger partial charge in [0.2, 0.25) is 5.91 Å². The zero-order chi connectivity index (χ0) is 19.2. The van der Waals surface area contributed by atoms with Crippen LogP contribution < -0.4 is 5.32 Å². The van der Waals surface area contributed by atoms with E-state index in [1.165, 1.54) is 32.4 Å². The topological polar surface area (TPSA) is 61.9 Å². The van der Waals surface area contributed by atoms with E-state index in [9.17, 15) is 9.59 Å². The van der Waals surface area contributed by atoms with Gasteiger partial charge in [-0.25, -0.2) is 0 Å². The van der Waals surface area contributed by atoms with Crippen molar-refractivity contribution in [3.05, 3.63) is 35.4 Å². The second-order valence-corrected chi connectivity index (χ2v) is 7.58. The summed E-state index contributed by atoms with van der Waals surface area (Å²) in [6.07, 6.45) is 4.14. The van der Waals surface area contributed by atoms with Crippen LogP contribution in [-0.4, -0.2) is 67.6 Å². The highest BCUT2D eigenvalue weighted by atomic mass is 16.5.